The minimum Gasteiger partial charge on any atom is -0.480 e. The molecule has 1 amide bonds. The standard InChI is InChI=1S/C39H72NO10P/c1-3-5-7-9-11-13-15-16-17-18-19-21-22-24-26-28-30-37(42)40-36(39(44)45)34-50-51(46,47)49-33-35(41)32-48-38(43)31-29-27-25-23-20-14-12-10-8-6-4-2/h10,12,17-18,35-36,41H,3-9,11,13-16,19-34H2,1-2H3,(H,40,42)(H,44,45)(H,46,47)/b12-10-,18-17-. The van der Waals surface area contributed by atoms with Crippen LogP contribution in [0.15, 0.2) is 24.3 Å². The summed E-state index contributed by atoms with van der Waals surface area (Å²) in [5, 5.41) is 21.7. The Morgan fingerprint density at radius 2 is 1.04 bits per heavy atom. The first-order valence-electron chi connectivity index (χ1n) is 19.9. The normalized spacial score (nSPS) is 14.1. The van der Waals surface area contributed by atoms with Crippen molar-refractivity contribution in [3.05, 3.63) is 24.3 Å². The molecule has 51 heavy (non-hydrogen) atoms. The van der Waals surface area contributed by atoms with Crippen molar-refractivity contribution in [2.45, 2.75) is 187 Å². The van der Waals surface area contributed by atoms with E-state index in [0.29, 0.717) is 12.8 Å². The van der Waals surface area contributed by atoms with Crippen LogP contribution in [-0.4, -0.2) is 64.9 Å². The number of aliphatic hydroxyl groups is 1. The second-order valence-electron chi connectivity index (χ2n) is 13.5. The molecule has 0 radical (unpaired) electrons. The number of phosphoric acid groups is 1. The lowest BCUT2D eigenvalue weighted by Crippen LogP contribution is -2.43. The van der Waals surface area contributed by atoms with Gasteiger partial charge < -0.3 is 25.2 Å². The van der Waals surface area contributed by atoms with Crippen LogP contribution < -0.4 is 5.32 Å². The molecule has 0 spiro atoms. The van der Waals surface area contributed by atoms with Crippen molar-refractivity contribution in [3.8, 4) is 0 Å². The smallest absolute Gasteiger partial charge is 0.472 e. The second-order valence-corrected chi connectivity index (χ2v) is 14.9. The van der Waals surface area contributed by atoms with Crippen LogP contribution in [0, 0.1) is 0 Å². The van der Waals surface area contributed by atoms with Gasteiger partial charge in [-0.25, -0.2) is 9.36 Å². The van der Waals surface area contributed by atoms with E-state index in [1.165, 1.54) is 57.8 Å². The fourth-order valence-electron chi connectivity index (χ4n) is 5.29. The second kappa shape index (κ2) is 35.0. The largest absolute Gasteiger partial charge is 0.480 e. The molecule has 3 unspecified atom stereocenters. The molecule has 0 saturated heterocycles. The van der Waals surface area contributed by atoms with Gasteiger partial charge in [0.05, 0.1) is 13.2 Å². The Balaban J connectivity index is 3.97. The molecular weight excluding hydrogens is 673 g/mol. The number of nitrogens with one attached hydrogen (secondary N) is 1. The fourth-order valence-corrected chi connectivity index (χ4v) is 6.06. The van der Waals surface area contributed by atoms with Crippen LogP contribution in [-0.2, 0) is 32.7 Å². The maximum atomic E-state index is 12.3. The number of carboxylic acid groups (broad SMARTS) is 1. The quantitative estimate of drug-likeness (QED) is 0.0208. The molecule has 11 nitrogen and oxygen atoms in total. The van der Waals surface area contributed by atoms with Gasteiger partial charge in [-0.2, -0.15) is 0 Å². The molecule has 0 aliphatic carbocycles. The van der Waals surface area contributed by atoms with Crippen molar-refractivity contribution in [1.82, 2.24) is 5.32 Å². The van der Waals surface area contributed by atoms with Crippen LogP contribution in [0.5, 0.6) is 0 Å². The zero-order valence-electron chi connectivity index (χ0n) is 31.9. The number of carbonyl (C=O) groups is 3. The number of aliphatic hydroxyl groups excluding tert-OH is 1. The Morgan fingerprint density at radius 1 is 0.608 bits per heavy atom. The molecular formula is C39H72NO10P. The highest BCUT2D eigenvalue weighted by Gasteiger charge is 2.28. The predicted octanol–water partition coefficient (Wildman–Crippen LogP) is 9.50. The lowest BCUT2D eigenvalue weighted by atomic mass is 10.1. The van der Waals surface area contributed by atoms with Crippen molar-refractivity contribution in [2.75, 3.05) is 19.8 Å². The summed E-state index contributed by atoms with van der Waals surface area (Å²) in [6, 6.07) is -1.55. The number of unbranched alkanes of at least 4 members (excludes halogenated alkanes) is 19. The highest BCUT2D eigenvalue weighted by atomic mass is 31.2. The number of ether oxygens (including phenoxy) is 1. The molecule has 0 bridgehead atoms. The highest BCUT2D eigenvalue weighted by Crippen LogP contribution is 2.43. The number of phosphoric ester groups is 1. The molecule has 0 aromatic heterocycles. The van der Waals surface area contributed by atoms with E-state index in [9.17, 15) is 34.1 Å². The predicted molar refractivity (Wildman–Crippen MR) is 203 cm³/mol. The van der Waals surface area contributed by atoms with Crippen LogP contribution in [0.2, 0.25) is 0 Å². The molecule has 0 rings (SSSR count). The van der Waals surface area contributed by atoms with Crippen molar-refractivity contribution in [2.24, 2.45) is 0 Å². The van der Waals surface area contributed by atoms with Gasteiger partial charge in [0, 0.05) is 12.8 Å². The maximum absolute atomic E-state index is 12.3. The lowest BCUT2D eigenvalue weighted by molar-refractivity contribution is -0.147. The minimum atomic E-state index is -4.75. The first-order valence-corrected chi connectivity index (χ1v) is 21.4. The number of rotatable bonds is 37. The summed E-state index contributed by atoms with van der Waals surface area (Å²) in [6.07, 6.45) is 33.5. The molecule has 0 aromatic rings. The molecule has 0 aliphatic rings. The average molecular weight is 746 g/mol. The number of hydrogen-bond donors (Lipinski definition) is 4. The topological polar surface area (TPSA) is 169 Å². The fraction of sp³-hybridized carbons (Fsp3) is 0.821. The molecule has 0 aromatic carbocycles. The van der Waals surface area contributed by atoms with Gasteiger partial charge in [0.2, 0.25) is 5.91 Å². The van der Waals surface area contributed by atoms with E-state index < -0.39 is 57.6 Å². The number of amides is 1. The monoisotopic (exact) mass is 745 g/mol. The van der Waals surface area contributed by atoms with Crippen molar-refractivity contribution in [1.29, 1.82) is 0 Å². The van der Waals surface area contributed by atoms with Gasteiger partial charge in [0.25, 0.3) is 0 Å². The Hall–Kier alpha value is -2.04. The van der Waals surface area contributed by atoms with E-state index in [0.717, 1.165) is 77.0 Å². The molecule has 0 aliphatic heterocycles. The zero-order valence-corrected chi connectivity index (χ0v) is 32.8. The van der Waals surface area contributed by atoms with Gasteiger partial charge in [-0.1, -0.05) is 128 Å². The van der Waals surface area contributed by atoms with Crippen LogP contribution in [0.25, 0.3) is 0 Å². The summed E-state index contributed by atoms with van der Waals surface area (Å²) >= 11 is 0. The third-order valence-corrected chi connectivity index (χ3v) is 9.41. The van der Waals surface area contributed by atoms with Crippen molar-refractivity contribution < 1.29 is 47.8 Å². The summed E-state index contributed by atoms with van der Waals surface area (Å²) in [4.78, 5) is 45.7. The summed E-state index contributed by atoms with van der Waals surface area (Å²) in [5.74, 6) is -2.39. The van der Waals surface area contributed by atoms with E-state index in [4.69, 9.17) is 13.8 Å². The molecule has 12 heteroatoms. The molecule has 0 saturated carbocycles. The van der Waals surface area contributed by atoms with Gasteiger partial charge in [0.15, 0.2) is 6.04 Å². The number of allylic oxidation sites excluding steroid dienone is 4. The van der Waals surface area contributed by atoms with Crippen molar-refractivity contribution >= 4 is 25.7 Å². The highest BCUT2D eigenvalue weighted by molar-refractivity contribution is 7.47. The van der Waals surface area contributed by atoms with Crippen LogP contribution in [0.4, 0.5) is 0 Å². The maximum Gasteiger partial charge on any atom is 0.472 e. The minimum absolute atomic E-state index is 0.136. The van der Waals surface area contributed by atoms with Gasteiger partial charge in [0.1, 0.15) is 12.7 Å². The first-order chi connectivity index (χ1) is 24.6. The number of aliphatic carboxylic acids is 1. The van der Waals surface area contributed by atoms with Crippen LogP contribution in [0.1, 0.15) is 174 Å². The SMILES string of the molecule is CCCC/C=C\CCCCCCCC(=O)OCC(O)COP(=O)(O)OCC(NC(=O)CCCCCCC/C=C\CCCCCCCCC)C(=O)O. The van der Waals surface area contributed by atoms with E-state index in [1.807, 2.05) is 0 Å². The zero-order chi connectivity index (χ0) is 37.8. The molecule has 0 fully saturated rings. The van der Waals surface area contributed by atoms with Gasteiger partial charge in [-0.15, -0.1) is 0 Å². The average Bonchev–Trinajstić information content (AvgIpc) is 3.10. The Kier molecular flexibility index (Phi) is 33.6. The van der Waals surface area contributed by atoms with E-state index in [2.05, 4.69) is 43.5 Å². The molecule has 0 heterocycles. The summed E-state index contributed by atoms with van der Waals surface area (Å²) in [6.45, 7) is 2.52. The van der Waals surface area contributed by atoms with E-state index in [-0.39, 0.29) is 12.8 Å². The van der Waals surface area contributed by atoms with Gasteiger partial charge in [-0.3, -0.25) is 18.6 Å². The van der Waals surface area contributed by atoms with E-state index >= 15 is 0 Å². The first kappa shape index (κ1) is 49.0. The molecule has 4 N–H and O–H groups in total. The van der Waals surface area contributed by atoms with Gasteiger partial charge >= 0.3 is 19.8 Å². The number of hydrogen-bond acceptors (Lipinski definition) is 8. The molecule has 298 valence electrons. The summed E-state index contributed by atoms with van der Waals surface area (Å²) in [7, 11) is -4.75. The number of esters is 1. The summed E-state index contributed by atoms with van der Waals surface area (Å²) < 4.78 is 26.7. The number of carbonyl (C=O) groups excluding carboxylic acids is 2. The van der Waals surface area contributed by atoms with E-state index in [1.54, 1.807) is 0 Å². The lowest BCUT2D eigenvalue weighted by Gasteiger charge is -2.18. The molecule has 3 atom stereocenters. The third kappa shape index (κ3) is 34.8. The van der Waals surface area contributed by atoms with Crippen molar-refractivity contribution in [3.63, 3.8) is 0 Å². The third-order valence-electron chi connectivity index (χ3n) is 8.46. The Bertz CT molecular complexity index is 974. The van der Waals surface area contributed by atoms with Crippen LogP contribution >= 0.6 is 7.82 Å². The Labute approximate surface area is 309 Å². The number of carboxylic acids is 1. The Morgan fingerprint density at radius 3 is 1.55 bits per heavy atom. The summed E-state index contributed by atoms with van der Waals surface area (Å²) in [5.41, 5.74) is 0. The van der Waals surface area contributed by atoms with Gasteiger partial charge in [-0.05, 0) is 57.8 Å². The van der Waals surface area contributed by atoms with Crippen LogP contribution in [0.3, 0.4) is 0 Å².